The largest absolute Gasteiger partial charge is 0.416 e. The van der Waals surface area contributed by atoms with Gasteiger partial charge in [-0.2, -0.15) is 13.2 Å². The molecule has 4 nitrogen and oxygen atoms in total. The second-order valence-corrected chi connectivity index (χ2v) is 15.4. The fourth-order valence-corrected chi connectivity index (χ4v) is 8.02. The predicted molar refractivity (Wildman–Crippen MR) is 241 cm³/mol. The third kappa shape index (κ3) is 7.25. The summed E-state index contributed by atoms with van der Waals surface area (Å²) in [6.07, 6.45) is -4.50. The molecule has 0 bridgehead atoms. The van der Waals surface area contributed by atoms with Gasteiger partial charge in [0.25, 0.3) is 0 Å². The molecule has 0 amide bonds. The lowest BCUT2D eigenvalue weighted by atomic mass is 9.99. The monoisotopic (exact) mass is 798 g/mol. The number of hydrogen-bond acceptors (Lipinski definition) is 3. The maximum absolute atomic E-state index is 14.1. The lowest BCUT2D eigenvalue weighted by Gasteiger charge is -2.17. The number of fused-ring (bicyclic) bond motifs is 3. The first-order chi connectivity index (χ1) is 29.7. The van der Waals surface area contributed by atoms with Crippen LogP contribution >= 0.6 is 0 Å². The molecule has 0 saturated heterocycles. The first-order valence-corrected chi connectivity index (χ1v) is 20.1. The van der Waals surface area contributed by atoms with Gasteiger partial charge in [-0.1, -0.05) is 163 Å². The second-order valence-electron chi connectivity index (χ2n) is 15.4. The smallest absolute Gasteiger partial charge is 0.308 e. The van der Waals surface area contributed by atoms with E-state index in [1.165, 1.54) is 23.3 Å². The van der Waals surface area contributed by atoms with Crippen molar-refractivity contribution in [1.29, 1.82) is 0 Å². The van der Waals surface area contributed by atoms with E-state index >= 15 is 0 Å². The fraction of sp³-hybridized carbons (Fsp3) is 0.0556. The second kappa shape index (κ2) is 15.2. The van der Waals surface area contributed by atoms with Gasteiger partial charge in [0.15, 0.2) is 17.5 Å². The Morgan fingerprint density at radius 1 is 0.377 bits per heavy atom. The van der Waals surface area contributed by atoms with Gasteiger partial charge in [0.2, 0.25) is 0 Å². The molecule has 2 heterocycles. The zero-order valence-electron chi connectivity index (χ0n) is 33.3. The summed E-state index contributed by atoms with van der Waals surface area (Å²) in [6, 6.07) is 60.8. The molecule has 0 aliphatic heterocycles. The molecule has 61 heavy (non-hydrogen) atoms. The van der Waals surface area contributed by atoms with E-state index in [-0.39, 0.29) is 0 Å². The van der Waals surface area contributed by atoms with Crippen LogP contribution in [-0.2, 0) is 6.18 Å². The summed E-state index contributed by atoms with van der Waals surface area (Å²) in [6.45, 7) is 4.14. The van der Waals surface area contributed by atoms with Crippen LogP contribution in [0.3, 0.4) is 0 Å². The van der Waals surface area contributed by atoms with Crippen molar-refractivity contribution in [3.05, 3.63) is 205 Å². The van der Waals surface area contributed by atoms with Gasteiger partial charge in [-0.3, -0.25) is 0 Å². The van der Waals surface area contributed by atoms with Crippen molar-refractivity contribution < 1.29 is 13.2 Å². The Morgan fingerprint density at radius 2 is 0.803 bits per heavy atom. The van der Waals surface area contributed by atoms with Crippen LogP contribution < -0.4 is 0 Å². The van der Waals surface area contributed by atoms with E-state index in [0.717, 1.165) is 61.3 Å². The van der Waals surface area contributed by atoms with Crippen LogP contribution in [0.1, 0.15) is 16.7 Å². The number of nitrogens with zero attached hydrogens (tertiary/aromatic N) is 4. The molecule has 0 aliphatic carbocycles. The van der Waals surface area contributed by atoms with Gasteiger partial charge in [0.05, 0.1) is 22.3 Å². The Morgan fingerprint density at radius 3 is 1.31 bits per heavy atom. The van der Waals surface area contributed by atoms with Gasteiger partial charge >= 0.3 is 6.18 Å². The van der Waals surface area contributed by atoms with Gasteiger partial charge in [-0.25, -0.2) is 15.0 Å². The molecule has 0 radical (unpaired) electrons. The maximum Gasteiger partial charge on any atom is 0.416 e. The summed E-state index contributed by atoms with van der Waals surface area (Å²) in [7, 11) is 0. The quantitative estimate of drug-likeness (QED) is 0.161. The number of aromatic nitrogens is 4. The Labute approximate surface area is 351 Å². The molecule has 0 aliphatic rings. The number of halogens is 3. The minimum absolute atomic E-state index is 0.428. The van der Waals surface area contributed by atoms with Gasteiger partial charge in [-0.05, 0) is 83.6 Å². The van der Waals surface area contributed by atoms with Gasteiger partial charge in [-0.15, -0.1) is 0 Å². The summed E-state index contributed by atoms with van der Waals surface area (Å²) >= 11 is 0. The van der Waals surface area contributed by atoms with Gasteiger partial charge < -0.3 is 4.57 Å². The highest BCUT2D eigenvalue weighted by Gasteiger charge is 2.30. The number of alkyl halides is 3. The fourth-order valence-electron chi connectivity index (χ4n) is 8.02. The van der Waals surface area contributed by atoms with E-state index in [4.69, 9.17) is 15.0 Å². The molecule has 10 aromatic rings. The number of hydrogen-bond donors (Lipinski definition) is 0. The van der Waals surface area contributed by atoms with Crippen LogP contribution in [0.25, 0.3) is 95.0 Å². The SMILES string of the molecule is Cc1ccc(-c2ccc3c4ccc(-c5ccc(C)cc5)cc4n(-c4cc(-c5cccc(C(F)(F)F)c5)ccc4-c4nc(-c5ccccc5)nc(-c5ccccc5)n4)c3c2)cc1. The highest BCUT2D eigenvalue weighted by atomic mass is 19.4. The molecule has 0 atom stereocenters. The van der Waals surface area contributed by atoms with E-state index in [9.17, 15) is 13.2 Å². The summed E-state index contributed by atoms with van der Waals surface area (Å²) in [4.78, 5) is 15.2. The number of rotatable bonds is 7. The molecule has 10 rings (SSSR count). The van der Waals surface area contributed by atoms with Crippen LogP contribution in [0.5, 0.6) is 0 Å². The normalized spacial score (nSPS) is 11.7. The number of benzene rings is 8. The standard InChI is InChI=1S/C54H37F3N4/c1-34-16-20-36(21-17-34)41-24-27-45-46-28-25-42(37-22-18-35(2)19-23-37)32-49(46)61(48(45)31-41)50-33-43(40-14-9-15-44(30-40)54(55,56)57)26-29-47(50)53-59-51(38-10-5-3-6-11-38)58-52(60-53)39-12-7-4-8-13-39/h3-33H,1-2H3. The van der Waals surface area contributed by atoms with Crippen molar-refractivity contribution >= 4 is 21.8 Å². The molecule has 2 aromatic heterocycles. The third-order valence-corrected chi connectivity index (χ3v) is 11.2. The van der Waals surface area contributed by atoms with Crippen molar-refractivity contribution in [2.24, 2.45) is 0 Å². The topological polar surface area (TPSA) is 43.6 Å². The van der Waals surface area contributed by atoms with Crippen LogP contribution in [-0.4, -0.2) is 19.5 Å². The first kappa shape index (κ1) is 37.6. The summed E-state index contributed by atoms with van der Waals surface area (Å²) in [5.74, 6) is 1.43. The van der Waals surface area contributed by atoms with Gasteiger partial charge in [0.1, 0.15) is 0 Å². The number of aryl methyl sites for hydroxylation is 2. The lowest BCUT2D eigenvalue weighted by Crippen LogP contribution is -2.05. The molecule has 0 N–H and O–H groups in total. The van der Waals surface area contributed by atoms with E-state index in [1.54, 1.807) is 6.07 Å². The Balaban J connectivity index is 1.31. The Hall–Kier alpha value is -7.64. The minimum atomic E-state index is -4.50. The average Bonchev–Trinajstić information content (AvgIpc) is 3.62. The zero-order valence-corrected chi connectivity index (χ0v) is 33.3. The molecule has 8 aromatic carbocycles. The van der Waals surface area contributed by atoms with Crippen LogP contribution in [0.15, 0.2) is 188 Å². The Bertz CT molecular complexity index is 3070. The average molecular weight is 799 g/mol. The summed E-state index contributed by atoms with van der Waals surface area (Å²) < 4.78 is 44.7. The molecular weight excluding hydrogens is 762 g/mol. The van der Waals surface area contributed by atoms with Gasteiger partial charge in [0, 0.05) is 27.5 Å². The Kier molecular flexibility index (Phi) is 9.37. The van der Waals surface area contributed by atoms with Crippen molar-refractivity contribution in [3.8, 4) is 73.2 Å². The van der Waals surface area contributed by atoms with Crippen LogP contribution in [0, 0.1) is 13.8 Å². The van der Waals surface area contributed by atoms with Crippen molar-refractivity contribution in [2.45, 2.75) is 20.0 Å². The van der Waals surface area contributed by atoms with Crippen molar-refractivity contribution in [2.75, 3.05) is 0 Å². The van der Waals surface area contributed by atoms with Crippen LogP contribution in [0.4, 0.5) is 13.2 Å². The molecule has 0 spiro atoms. The summed E-state index contributed by atoms with van der Waals surface area (Å²) in [5.41, 5.74) is 11.8. The van der Waals surface area contributed by atoms with Crippen molar-refractivity contribution in [1.82, 2.24) is 19.5 Å². The van der Waals surface area contributed by atoms with E-state index in [1.807, 2.05) is 78.9 Å². The third-order valence-electron chi connectivity index (χ3n) is 11.2. The highest BCUT2D eigenvalue weighted by Crippen LogP contribution is 2.42. The molecule has 7 heteroatoms. The minimum Gasteiger partial charge on any atom is -0.308 e. The first-order valence-electron chi connectivity index (χ1n) is 20.1. The molecule has 0 saturated carbocycles. The van der Waals surface area contributed by atoms with E-state index in [0.29, 0.717) is 39.9 Å². The van der Waals surface area contributed by atoms with Crippen LogP contribution in [0.2, 0.25) is 0 Å². The molecule has 0 unspecified atom stereocenters. The zero-order chi connectivity index (χ0) is 41.7. The van der Waals surface area contributed by atoms with E-state index in [2.05, 4.69) is 103 Å². The lowest BCUT2D eigenvalue weighted by molar-refractivity contribution is -0.137. The highest BCUT2D eigenvalue weighted by molar-refractivity contribution is 6.11. The molecular formula is C54H37F3N4. The molecule has 0 fully saturated rings. The van der Waals surface area contributed by atoms with Crippen molar-refractivity contribution in [3.63, 3.8) is 0 Å². The predicted octanol–water partition coefficient (Wildman–Crippen LogP) is 14.6. The maximum atomic E-state index is 14.1. The summed E-state index contributed by atoms with van der Waals surface area (Å²) in [5, 5.41) is 2.06. The molecule has 294 valence electrons. The van der Waals surface area contributed by atoms with E-state index < -0.39 is 11.7 Å².